The molecule has 7 rings (SSSR count). The average molecular weight is 458 g/mol. The van der Waals surface area contributed by atoms with Gasteiger partial charge in [-0.3, -0.25) is 0 Å². The molecule has 1 heterocycles. The third-order valence-corrected chi connectivity index (χ3v) is 7.05. The Hall–Kier alpha value is -4.01. The Balaban J connectivity index is 1.48. The van der Waals surface area contributed by atoms with Crippen LogP contribution < -0.4 is 4.74 Å². The number of aromatic nitrogens is 1. The Bertz CT molecular complexity index is 1720. The van der Waals surface area contributed by atoms with Gasteiger partial charge in [-0.05, 0) is 77.2 Å². The Morgan fingerprint density at radius 2 is 1.44 bits per heavy atom. The van der Waals surface area contributed by atoms with Crippen LogP contribution in [0.25, 0.3) is 38.6 Å². The van der Waals surface area contributed by atoms with E-state index in [0.717, 1.165) is 12.2 Å². The van der Waals surface area contributed by atoms with Gasteiger partial charge in [0.25, 0.3) is 0 Å². The van der Waals surface area contributed by atoms with E-state index < -0.39 is 0 Å². The quantitative estimate of drug-likeness (QED) is 0.258. The molecule has 1 aliphatic rings. The highest BCUT2D eigenvalue weighted by molar-refractivity contribution is 6.32. The average Bonchev–Trinajstić information content (AvgIpc) is 3.41. The first kappa shape index (κ1) is 19.5. The highest BCUT2D eigenvalue weighted by Crippen LogP contribution is 2.47. The maximum absolute atomic E-state index is 6.35. The topological polar surface area (TPSA) is 14.2 Å². The number of benzene rings is 5. The van der Waals surface area contributed by atoms with Gasteiger partial charge in [0.2, 0.25) is 0 Å². The summed E-state index contributed by atoms with van der Waals surface area (Å²) in [5, 5.41) is 3.17. The summed E-state index contributed by atoms with van der Waals surface area (Å²) < 4.78 is 8.55. The van der Waals surface area contributed by atoms with Crippen LogP contribution in [-0.4, -0.2) is 4.57 Å². The molecule has 0 spiro atoms. The van der Waals surface area contributed by atoms with Crippen LogP contribution in [0.1, 0.15) is 11.1 Å². The van der Waals surface area contributed by atoms with Gasteiger partial charge in [-0.1, -0.05) is 72.3 Å². The van der Waals surface area contributed by atoms with Crippen molar-refractivity contribution in [2.45, 2.75) is 6.42 Å². The van der Waals surface area contributed by atoms with Crippen molar-refractivity contribution in [2.24, 2.45) is 0 Å². The van der Waals surface area contributed by atoms with Gasteiger partial charge in [0.1, 0.15) is 11.5 Å². The molecule has 0 aliphatic heterocycles. The highest BCUT2D eigenvalue weighted by atomic mass is 35.5. The van der Waals surface area contributed by atoms with Gasteiger partial charge in [0.15, 0.2) is 0 Å². The molecule has 2 nitrogen and oxygen atoms in total. The number of ether oxygens (including phenoxy) is 1. The fourth-order valence-electron chi connectivity index (χ4n) is 5.28. The van der Waals surface area contributed by atoms with Crippen molar-refractivity contribution in [2.75, 3.05) is 0 Å². The van der Waals surface area contributed by atoms with E-state index in [9.17, 15) is 0 Å². The van der Waals surface area contributed by atoms with Crippen molar-refractivity contribution >= 4 is 33.4 Å². The summed E-state index contributed by atoms with van der Waals surface area (Å²) in [7, 11) is 0. The Labute approximate surface area is 202 Å². The van der Waals surface area contributed by atoms with Gasteiger partial charge < -0.3 is 9.30 Å². The van der Waals surface area contributed by atoms with Crippen LogP contribution in [0.2, 0.25) is 5.02 Å². The smallest absolute Gasteiger partial charge is 0.146 e. The number of halogens is 1. The van der Waals surface area contributed by atoms with Crippen molar-refractivity contribution in [1.29, 1.82) is 0 Å². The number of para-hydroxylation sites is 3. The maximum Gasteiger partial charge on any atom is 0.146 e. The van der Waals surface area contributed by atoms with E-state index in [4.69, 9.17) is 16.3 Å². The summed E-state index contributed by atoms with van der Waals surface area (Å²) in [6.07, 6.45) is 0.928. The lowest BCUT2D eigenvalue weighted by Gasteiger charge is -2.11. The largest absolute Gasteiger partial charge is 0.456 e. The van der Waals surface area contributed by atoms with Gasteiger partial charge in [0.05, 0.1) is 16.1 Å². The van der Waals surface area contributed by atoms with Crippen LogP contribution in [0, 0.1) is 0 Å². The minimum atomic E-state index is 0.608. The van der Waals surface area contributed by atoms with Crippen LogP contribution in [-0.2, 0) is 6.42 Å². The summed E-state index contributed by atoms with van der Waals surface area (Å²) in [5.74, 6) is 1.46. The van der Waals surface area contributed by atoms with Crippen LogP contribution in [0.4, 0.5) is 0 Å². The van der Waals surface area contributed by atoms with Gasteiger partial charge in [-0.15, -0.1) is 0 Å². The molecule has 0 N–H and O–H groups in total. The molecule has 6 aromatic rings. The number of hydrogen-bond donors (Lipinski definition) is 0. The SMILES string of the molecule is Clc1ccccc1Oc1ccc2c(c1)-c1c(ccc3c1c1ccccc1n3-c1ccccc1)C2. The summed E-state index contributed by atoms with van der Waals surface area (Å²) in [6, 6.07) is 37.8. The predicted octanol–water partition coefficient (Wildman–Crippen LogP) is 8.80. The molecule has 1 aliphatic carbocycles. The Morgan fingerprint density at radius 1 is 0.676 bits per heavy atom. The lowest BCUT2D eigenvalue weighted by atomic mass is 9.99. The van der Waals surface area contributed by atoms with Crippen LogP contribution in [0.15, 0.2) is 109 Å². The third-order valence-electron chi connectivity index (χ3n) is 6.74. The molecule has 5 aromatic carbocycles. The first-order chi connectivity index (χ1) is 16.8. The summed E-state index contributed by atoms with van der Waals surface area (Å²) in [6.45, 7) is 0. The molecule has 34 heavy (non-hydrogen) atoms. The third kappa shape index (κ3) is 2.89. The van der Waals surface area contributed by atoms with Crippen molar-refractivity contribution in [3.8, 4) is 28.3 Å². The standard InChI is InChI=1S/C31H20ClNO/c32-26-11-5-7-13-29(26)34-23-16-14-20-18-21-15-17-28-31(30(21)25(20)19-23)24-10-4-6-12-27(24)33(28)22-8-2-1-3-9-22/h1-17,19H,18H2. The molecule has 0 saturated heterocycles. The first-order valence-electron chi connectivity index (χ1n) is 11.4. The van der Waals surface area contributed by atoms with E-state index in [1.807, 2.05) is 30.3 Å². The van der Waals surface area contributed by atoms with E-state index in [1.54, 1.807) is 0 Å². The van der Waals surface area contributed by atoms with Gasteiger partial charge >= 0.3 is 0 Å². The molecule has 0 bridgehead atoms. The maximum atomic E-state index is 6.35. The number of nitrogens with zero attached hydrogens (tertiary/aromatic N) is 1. The lowest BCUT2D eigenvalue weighted by Crippen LogP contribution is -1.93. The van der Waals surface area contributed by atoms with Crippen LogP contribution in [0.3, 0.4) is 0 Å². The molecule has 0 unspecified atom stereocenters. The summed E-state index contributed by atoms with van der Waals surface area (Å²) >= 11 is 6.35. The molecule has 0 fully saturated rings. The molecule has 0 radical (unpaired) electrons. The van der Waals surface area contributed by atoms with Crippen molar-refractivity contribution in [3.05, 3.63) is 125 Å². The minimum absolute atomic E-state index is 0.608. The Morgan fingerprint density at radius 3 is 2.32 bits per heavy atom. The molecular weight excluding hydrogens is 438 g/mol. The second kappa shape index (κ2) is 7.51. The zero-order valence-electron chi connectivity index (χ0n) is 18.3. The van der Waals surface area contributed by atoms with E-state index in [0.29, 0.717) is 10.8 Å². The molecule has 162 valence electrons. The van der Waals surface area contributed by atoms with E-state index in [2.05, 4.69) is 83.4 Å². The monoisotopic (exact) mass is 457 g/mol. The van der Waals surface area contributed by atoms with E-state index in [1.165, 1.54) is 49.7 Å². The molecule has 0 amide bonds. The second-order valence-corrected chi connectivity index (χ2v) is 9.12. The van der Waals surface area contributed by atoms with Gasteiger partial charge in [-0.2, -0.15) is 0 Å². The first-order valence-corrected chi connectivity index (χ1v) is 11.8. The molecule has 0 atom stereocenters. The molecular formula is C31H20ClNO. The number of hydrogen-bond acceptors (Lipinski definition) is 1. The van der Waals surface area contributed by atoms with Crippen molar-refractivity contribution in [1.82, 2.24) is 4.57 Å². The fourth-order valence-corrected chi connectivity index (χ4v) is 5.45. The summed E-state index contributed by atoms with van der Waals surface area (Å²) in [5.41, 5.74) is 8.83. The van der Waals surface area contributed by atoms with E-state index >= 15 is 0 Å². The fraction of sp³-hybridized carbons (Fsp3) is 0.0323. The van der Waals surface area contributed by atoms with Crippen molar-refractivity contribution < 1.29 is 4.74 Å². The Kier molecular flexibility index (Phi) is 4.30. The minimum Gasteiger partial charge on any atom is -0.456 e. The van der Waals surface area contributed by atoms with E-state index in [-0.39, 0.29) is 0 Å². The van der Waals surface area contributed by atoms with Crippen LogP contribution >= 0.6 is 11.6 Å². The highest BCUT2D eigenvalue weighted by Gasteiger charge is 2.25. The summed E-state index contributed by atoms with van der Waals surface area (Å²) in [4.78, 5) is 0. The van der Waals surface area contributed by atoms with Crippen molar-refractivity contribution in [3.63, 3.8) is 0 Å². The number of fused-ring (bicyclic) bond motifs is 7. The molecule has 1 aromatic heterocycles. The molecule has 3 heteroatoms. The molecule has 0 saturated carbocycles. The van der Waals surface area contributed by atoms with Crippen LogP contribution in [0.5, 0.6) is 11.5 Å². The zero-order chi connectivity index (χ0) is 22.6. The zero-order valence-corrected chi connectivity index (χ0v) is 19.1. The lowest BCUT2D eigenvalue weighted by molar-refractivity contribution is 0.483. The van der Waals surface area contributed by atoms with Gasteiger partial charge in [-0.25, -0.2) is 0 Å². The second-order valence-electron chi connectivity index (χ2n) is 8.71. The number of rotatable bonds is 3. The van der Waals surface area contributed by atoms with Gasteiger partial charge in [0, 0.05) is 16.5 Å². The predicted molar refractivity (Wildman–Crippen MR) is 141 cm³/mol. The normalized spacial score (nSPS) is 12.1.